The predicted molar refractivity (Wildman–Crippen MR) is 255 cm³/mol. The molecule has 0 radical (unpaired) electrons. The van der Waals surface area contributed by atoms with Gasteiger partial charge in [0.1, 0.15) is 6.10 Å². The molecule has 0 heterocycles. The lowest BCUT2D eigenvalue weighted by Gasteiger charge is -2.24. The molecule has 59 heavy (non-hydrogen) atoms. The molecule has 0 saturated carbocycles. The van der Waals surface area contributed by atoms with Gasteiger partial charge >= 0.3 is 5.97 Å². The Morgan fingerprint density at radius 3 is 1.46 bits per heavy atom. The first-order valence-electron chi connectivity index (χ1n) is 25.1. The van der Waals surface area contributed by atoms with E-state index in [1.54, 1.807) is 0 Å². The number of aliphatic hydroxyl groups is 2. The van der Waals surface area contributed by atoms with Crippen molar-refractivity contribution in [3.05, 3.63) is 60.8 Å². The van der Waals surface area contributed by atoms with E-state index in [4.69, 9.17) is 4.74 Å². The van der Waals surface area contributed by atoms with E-state index >= 15 is 0 Å². The first-order chi connectivity index (χ1) is 29.0. The van der Waals surface area contributed by atoms with Crippen LogP contribution in [0.5, 0.6) is 0 Å². The molecule has 0 aromatic rings. The second-order valence-electron chi connectivity index (χ2n) is 16.9. The van der Waals surface area contributed by atoms with E-state index in [2.05, 4.69) is 50.4 Å². The number of amides is 1. The zero-order valence-electron chi connectivity index (χ0n) is 38.9. The molecule has 0 rings (SSSR count). The Morgan fingerprint density at radius 1 is 0.508 bits per heavy atom. The van der Waals surface area contributed by atoms with Crippen molar-refractivity contribution >= 4 is 11.9 Å². The molecule has 0 aromatic heterocycles. The molecule has 0 aliphatic rings. The maximum Gasteiger partial charge on any atom is 0.306 e. The van der Waals surface area contributed by atoms with Crippen molar-refractivity contribution in [2.24, 2.45) is 0 Å². The van der Waals surface area contributed by atoms with Crippen LogP contribution in [0.25, 0.3) is 0 Å². The van der Waals surface area contributed by atoms with Gasteiger partial charge in [-0.15, -0.1) is 0 Å². The largest absolute Gasteiger partial charge is 0.462 e. The fourth-order valence-electron chi connectivity index (χ4n) is 7.38. The molecular weight excluding hydrogens is 731 g/mol. The summed E-state index contributed by atoms with van der Waals surface area (Å²) in [7, 11) is 0. The van der Waals surface area contributed by atoms with Crippen LogP contribution in [0.15, 0.2) is 60.8 Å². The Labute approximate surface area is 365 Å². The number of esters is 1. The number of nitrogens with one attached hydrogen (secondary N) is 1. The zero-order valence-corrected chi connectivity index (χ0v) is 38.9. The summed E-state index contributed by atoms with van der Waals surface area (Å²) in [5.74, 6) is -0.544. The molecule has 3 N–H and O–H groups in total. The summed E-state index contributed by atoms with van der Waals surface area (Å²) in [6, 6.07) is -0.722. The van der Waals surface area contributed by atoms with E-state index in [0.717, 1.165) is 57.8 Å². The van der Waals surface area contributed by atoms with Crippen LogP contribution < -0.4 is 5.32 Å². The number of ether oxygens (including phenoxy) is 1. The van der Waals surface area contributed by atoms with Gasteiger partial charge in [0, 0.05) is 6.42 Å². The van der Waals surface area contributed by atoms with Crippen LogP contribution in [-0.4, -0.2) is 46.9 Å². The van der Waals surface area contributed by atoms with Gasteiger partial charge in [-0.1, -0.05) is 223 Å². The van der Waals surface area contributed by atoms with Gasteiger partial charge in [0.05, 0.1) is 25.2 Å². The number of carbonyl (C=O) groups is 2. The van der Waals surface area contributed by atoms with Crippen molar-refractivity contribution in [2.45, 2.75) is 257 Å². The van der Waals surface area contributed by atoms with Crippen molar-refractivity contribution in [3.63, 3.8) is 0 Å². The molecule has 0 bridgehead atoms. The Morgan fingerprint density at radius 2 is 0.949 bits per heavy atom. The molecule has 3 unspecified atom stereocenters. The van der Waals surface area contributed by atoms with Gasteiger partial charge in [-0.2, -0.15) is 0 Å². The molecule has 6 heteroatoms. The van der Waals surface area contributed by atoms with Gasteiger partial charge in [-0.25, -0.2) is 0 Å². The van der Waals surface area contributed by atoms with Gasteiger partial charge in [0.2, 0.25) is 5.91 Å². The number of aliphatic hydroxyl groups excluding tert-OH is 2. The average molecular weight is 826 g/mol. The maximum absolute atomic E-state index is 13.1. The third-order valence-electron chi connectivity index (χ3n) is 11.2. The molecule has 0 spiro atoms. The highest BCUT2D eigenvalue weighted by Crippen LogP contribution is 2.17. The summed E-state index contributed by atoms with van der Waals surface area (Å²) in [4.78, 5) is 26.0. The average Bonchev–Trinajstić information content (AvgIpc) is 3.23. The number of unbranched alkanes of at least 4 members (excludes halogenated alkanes) is 25. The summed E-state index contributed by atoms with van der Waals surface area (Å²) < 4.78 is 5.88. The molecule has 0 aliphatic heterocycles. The van der Waals surface area contributed by atoms with Crippen LogP contribution >= 0.6 is 0 Å². The van der Waals surface area contributed by atoms with Crippen LogP contribution in [0, 0.1) is 0 Å². The second-order valence-corrected chi connectivity index (χ2v) is 16.9. The van der Waals surface area contributed by atoms with Crippen molar-refractivity contribution in [3.8, 4) is 0 Å². The van der Waals surface area contributed by atoms with E-state index in [-0.39, 0.29) is 24.9 Å². The van der Waals surface area contributed by atoms with Gasteiger partial charge in [0.25, 0.3) is 0 Å². The van der Waals surface area contributed by atoms with E-state index in [1.165, 1.54) is 135 Å². The van der Waals surface area contributed by atoms with Crippen molar-refractivity contribution in [2.75, 3.05) is 6.61 Å². The Kier molecular flexibility index (Phi) is 44.7. The van der Waals surface area contributed by atoms with Crippen LogP contribution in [0.3, 0.4) is 0 Å². The van der Waals surface area contributed by atoms with Crippen molar-refractivity contribution < 1.29 is 24.5 Å². The molecule has 342 valence electrons. The molecule has 0 saturated heterocycles. The summed E-state index contributed by atoms with van der Waals surface area (Å²) >= 11 is 0. The lowest BCUT2D eigenvalue weighted by Crippen LogP contribution is -2.46. The van der Waals surface area contributed by atoms with E-state index in [9.17, 15) is 19.8 Å². The van der Waals surface area contributed by atoms with Gasteiger partial charge in [-0.3, -0.25) is 9.59 Å². The van der Waals surface area contributed by atoms with Crippen LogP contribution in [0.1, 0.15) is 239 Å². The topological polar surface area (TPSA) is 95.9 Å². The smallest absolute Gasteiger partial charge is 0.306 e. The molecular formula is C53H95NO5. The predicted octanol–water partition coefficient (Wildman–Crippen LogP) is 14.8. The van der Waals surface area contributed by atoms with Crippen molar-refractivity contribution in [1.29, 1.82) is 0 Å². The molecule has 0 aliphatic carbocycles. The minimum Gasteiger partial charge on any atom is -0.462 e. The minimum absolute atomic E-state index is 0.0301. The van der Waals surface area contributed by atoms with E-state index in [0.29, 0.717) is 19.3 Å². The summed E-state index contributed by atoms with van der Waals surface area (Å²) in [6.07, 6.45) is 57.3. The molecule has 6 nitrogen and oxygen atoms in total. The lowest BCUT2D eigenvalue weighted by molar-refractivity contribution is -0.151. The highest BCUT2D eigenvalue weighted by Gasteiger charge is 2.24. The minimum atomic E-state index is -0.804. The van der Waals surface area contributed by atoms with E-state index < -0.39 is 18.2 Å². The quantitative estimate of drug-likeness (QED) is 0.0246. The summed E-state index contributed by atoms with van der Waals surface area (Å²) in [6.45, 7) is 6.30. The fourth-order valence-corrected chi connectivity index (χ4v) is 7.38. The number of hydrogen-bond donors (Lipinski definition) is 3. The van der Waals surface area contributed by atoms with E-state index in [1.807, 2.05) is 36.5 Å². The Bertz CT molecular complexity index is 1060. The molecule has 0 aromatic carbocycles. The fraction of sp³-hybridized carbons (Fsp3) is 0.774. The highest BCUT2D eigenvalue weighted by atomic mass is 16.5. The zero-order chi connectivity index (χ0) is 43.1. The van der Waals surface area contributed by atoms with Crippen molar-refractivity contribution in [1.82, 2.24) is 5.32 Å². The molecule has 0 fully saturated rings. The lowest BCUT2D eigenvalue weighted by atomic mass is 10.0. The monoisotopic (exact) mass is 826 g/mol. The normalized spacial score (nSPS) is 13.8. The third-order valence-corrected chi connectivity index (χ3v) is 11.2. The van der Waals surface area contributed by atoms with Crippen LogP contribution in [-0.2, 0) is 14.3 Å². The highest BCUT2D eigenvalue weighted by molar-refractivity contribution is 5.77. The molecule has 1 amide bonds. The third kappa shape index (κ3) is 42.1. The van der Waals surface area contributed by atoms with Gasteiger partial charge in [0.15, 0.2) is 0 Å². The van der Waals surface area contributed by atoms with Crippen LogP contribution in [0.4, 0.5) is 0 Å². The Hall–Kier alpha value is -2.44. The SMILES string of the molecule is CC/C=C/C=C/C=C\C=C/CCCC(CC(=O)NC(CO)C(O)CCCCCCCCCCCC)OC(=O)CCCCCCCCCCC/C=C/CCCCCCCC. The first-order valence-corrected chi connectivity index (χ1v) is 25.1. The number of rotatable bonds is 44. The second kappa shape index (κ2) is 46.6. The van der Waals surface area contributed by atoms with Crippen LogP contribution in [0.2, 0.25) is 0 Å². The summed E-state index contributed by atoms with van der Waals surface area (Å²) in [5.41, 5.74) is 0. The van der Waals surface area contributed by atoms with Gasteiger partial charge < -0.3 is 20.3 Å². The van der Waals surface area contributed by atoms with Gasteiger partial charge in [-0.05, 0) is 64.2 Å². The number of carbonyl (C=O) groups excluding carboxylic acids is 2. The maximum atomic E-state index is 13.1. The molecule has 3 atom stereocenters. The Balaban J connectivity index is 4.54. The number of hydrogen-bond acceptors (Lipinski definition) is 5. The first kappa shape index (κ1) is 56.6. The summed E-state index contributed by atoms with van der Waals surface area (Å²) in [5, 5.41) is 23.6. The standard InChI is InChI=1S/C53H95NO5/c1-4-7-10-13-16-19-22-23-24-25-26-27-28-29-31-34-37-40-43-46-53(58)59-49(44-41-38-35-32-30-20-17-14-11-8-5-2)47-52(57)54-50(48-55)51(56)45-42-39-36-33-21-18-15-12-9-6-3/h8,11,14,17,20,23-24,30,32,35,49-51,55-56H,4-7,9-10,12-13,15-16,18-19,21-22,25-29,31,33-34,36-48H2,1-3H3,(H,54,57)/b11-8+,17-14+,24-23+,30-20-,35-32-. The number of allylic oxidation sites excluding steroid dienone is 10.